The lowest BCUT2D eigenvalue weighted by atomic mass is 10.0. The predicted octanol–water partition coefficient (Wildman–Crippen LogP) is 4.82. The van der Waals surface area contributed by atoms with Gasteiger partial charge in [0.2, 0.25) is 0 Å². The van der Waals surface area contributed by atoms with Gasteiger partial charge in [0.05, 0.1) is 16.0 Å². The largest absolute Gasteiger partial charge is 0.416 e. The molecule has 0 fully saturated rings. The fourth-order valence-corrected chi connectivity index (χ4v) is 3.50. The fourth-order valence-electron chi connectivity index (χ4n) is 2.68. The molecule has 9 heteroatoms. The van der Waals surface area contributed by atoms with Gasteiger partial charge in [-0.15, -0.1) is 0 Å². The molecule has 0 aliphatic heterocycles. The van der Waals surface area contributed by atoms with Crippen LogP contribution in [0.5, 0.6) is 0 Å². The molecule has 0 aliphatic rings. The van der Waals surface area contributed by atoms with Gasteiger partial charge in [0.1, 0.15) is 11.9 Å². The molecule has 2 aromatic carbocycles. The number of nitrogens with two attached hydrogens (primary N) is 1. The van der Waals surface area contributed by atoms with Crippen LogP contribution >= 0.6 is 11.3 Å². The summed E-state index contributed by atoms with van der Waals surface area (Å²) in [5, 5.41) is 12.6. The zero-order valence-corrected chi connectivity index (χ0v) is 15.8. The van der Waals surface area contributed by atoms with Crippen LogP contribution in [0, 0.1) is 17.1 Å². The zero-order valence-electron chi connectivity index (χ0n) is 15.0. The first-order valence-electron chi connectivity index (χ1n) is 8.57. The van der Waals surface area contributed by atoms with Gasteiger partial charge >= 0.3 is 6.18 Å². The van der Waals surface area contributed by atoms with Crippen LogP contribution in [0.1, 0.15) is 16.7 Å². The molecule has 0 spiro atoms. The Morgan fingerprint density at radius 3 is 2.55 bits per heavy atom. The minimum Gasteiger partial charge on any atom is -0.360 e. The second kappa shape index (κ2) is 8.59. The van der Waals surface area contributed by atoms with Crippen LogP contribution in [0.25, 0.3) is 10.4 Å². The van der Waals surface area contributed by atoms with Gasteiger partial charge in [0.15, 0.2) is 5.13 Å². The molecular formula is C20H16F4N4S. The minimum absolute atomic E-state index is 0.0380. The Balaban J connectivity index is 1.57. The predicted molar refractivity (Wildman–Crippen MR) is 104 cm³/mol. The van der Waals surface area contributed by atoms with E-state index in [4.69, 9.17) is 11.0 Å². The quantitative estimate of drug-likeness (QED) is 0.561. The average Bonchev–Trinajstić information content (AvgIpc) is 3.15. The van der Waals surface area contributed by atoms with Crippen molar-refractivity contribution >= 4 is 16.5 Å². The molecule has 150 valence electrons. The van der Waals surface area contributed by atoms with E-state index in [1.807, 2.05) is 0 Å². The van der Waals surface area contributed by atoms with E-state index in [0.29, 0.717) is 29.2 Å². The molecule has 0 amide bonds. The SMILES string of the molecule is N#Cc1cc(-c2cnc(NCC(N)Cc3ccc(C(F)(F)F)cc3)s2)ccc1F. The van der Waals surface area contributed by atoms with Crippen LogP contribution in [0.15, 0.2) is 48.7 Å². The van der Waals surface area contributed by atoms with Gasteiger partial charge in [-0.3, -0.25) is 0 Å². The lowest BCUT2D eigenvalue weighted by molar-refractivity contribution is -0.137. The fraction of sp³-hybridized carbons (Fsp3) is 0.200. The monoisotopic (exact) mass is 420 g/mol. The molecule has 1 atom stereocenters. The van der Waals surface area contributed by atoms with Crippen molar-refractivity contribution in [2.45, 2.75) is 18.6 Å². The van der Waals surface area contributed by atoms with E-state index in [9.17, 15) is 17.6 Å². The summed E-state index contributed by atoms with van der Waals surface area (Å²) < 4.78 is 51.3. The van der Waals surface area contributed by atoms with Crippen molar-refractivity contribution < 1.29 is 17.6 Å². The van der Waals surface area contributed by atoms with Crippen LogP contribution < -0.4 is 11.1 Å². The molecule has 0 saturated heterocycles. The van der Waals surface area contributed by atoms with Gasteiger partial charge < -0.3 is 11.1 Å². The number of nitriles is 1. The number of rotatable bonds is 6. The number of halogens is 4. The number of hydrogen-bond donors (Lipinski definition) is 2. The highest BCUT2D eigenvalue weighted by Crippen LogP contribution is 2.30. The Bertz CT molecular complexity index is 1020. The van der Waals surface area contributed by atoms with Gasteiger partial charge in [0, 0.05) is 18.8 Å². The van der Waals surface area contributed by atoms with Crippen LogP contribution in [0.4, 0.5) is 22.7 Å². The maximum absolute atomic E-state index is 13.4. The Hall–Kier alpha value is -2.96. The minimum atomic E-state index is -4.36. The van der Waals surface area contributed by atoms with Crippen molar-refractivity contribution in [2.75, 3.05) is 11.9 Å². The number of nitrogens with one attached hydrogen (secondary N) is 1. The molecule has 1 aromatic heterocycles. The Morgan fingerprint density at radius 1 is 1.17 bits per heavy atom. The van der Waals surface area contributed by atoms with Crippen LogP contribution in [0.3, 0.4) is 0 Å². The summed E-state index contributed by atoms with van der Waals surface area (Å²) in [6.45, 7) is 0.376. The van der Waals surface area contributed by atoms with E-state index < -0.39 is 17.6 Å². The molecule has 0 aliphatic carbocycles. The molecule has 0 saturated carbocycles. The van der Waals surface area contributed by atoms with Gasteiger partial charge in [-0.05, 0) is 41.8 Å². The summed E-state index contributed by atoms with van der Waals surface area (Å²) in [4.78, 5) is 5.00. The van der Waals surface area contributed by atoms with Crippen molar-refractivity contribution in [3.05, 3.63) is 71.2 Å². The molecule has 3 N–H and O–H groups in total. The number of benzene rings is 2. The first-order valence-corrected chi connectivity index (χ1v) is 9.39. The van der Waals surface area contributed by atoms with Crippen molar-refractivity contribution in [3.63, 3.8) is 0 Å². The molecular weight excluding hydrogens is 404 g/mol. The summed E-state index contributed by atoms with van der Waals surface area (Å²) in [5.41, 5.74) is 6.73. The molecule has 0 bridgehead atoms. The third kappa shape index (κ3) is 5.31. The molecule has 1 unspecified atom stereocenters. The van der Waals surface area contributed by atoms with Gasteiger partial charge in [0.25, 0.3) is 0 Å². The molecule has 0 radical (unpaired) electrons. The highest BCUT2D eigenvalue weighted by Gasteiger charge is 2.29. The summed E-state index contributed by atoms with van der Waals surface area (Å²) >= 11 is 1.33. The van der Waals surface area contributed by atoms with E-state index >= 15 is 0 Å². The van der Waals surface area contributed by atoms with E-state index in [0.717, 1.165) is 17.0 Å². The number of anilines is 1. The van der Waals surface area contributed by atoms with Gasteiger partial charge in [-0.1, -0.05) is 29.5 Å². The van der Waals surface area contributed by atoms with E-state index in [-0.39, 0.29) is 11.6 Å². The Morgan fingerprint density at radius 2 is 1.90 bits per heavy atom. The summed E-state index contributed by atoms with van der Waals surface area (Å²) in [7, 11) is 0. The molecule has 29 heavy (non-hydrogen) atoms. The van der Waals surface area contributed by atoms with E-state index in [1.54, 1.807) is 18.3 Å². The molecule has 4 nitrogen and oxygen atoms in total. The van der Waals surface area contributed by atoms with Crippen molar-refractivity contribution in [1.29, 1.82) is 5.26 Å². The summed E-state index contributed by atoms with van der Waals surface area (Å²) in [6.07, 6.45) is -2.33. The van der Waals surface area contributed by atoms with E-state index in [1.165, 1.54) is 35.6 Å². The highest BCUT2D eigenvalue weighted by molar-refractivity contribution is 7.18. The first kappa shape index (κ1) is 20.8. The second-order valence-corrected chi connectivity index (χ2v) is 7.41. The van der Waals surface area contributed by atoms with Crippen molar-refractivity contribution in [3.8, 4) is 16.5 Å². The number of aromatic nitrogens is 1. The topological polar surface area (TPSA) is 74.7 Å². The van der Waals surface area contributed by atoms with E-state index in [2.05, 4.69) is 10.3 Å². The lowest BCUT2D eigenvalue weighted by Gasteiger charge is -2.13. The Kier molecular flexibility index (Phi) is 6.15. The van der Waals surface area contributed by atoms with Crippen molar-refractivity contribution in [1.82, 2.24) is 4.98 Å². The molecule has 3 aromatic rings. The maximum Gasteiger partial charge on any atom is 0.416 e. The highest BCUT2D eigenvalue weighted by atomic mass is 32.1. The third-order valence-electron chi connectivity index (χ3n) is 4.17. The third-order valence-corrected chi connectivity index (χ3v) is 5.18. The van der Waals surface area contributed by atoms with Gasteiger partial charge in [-0.25, -0.2) is 9.37 Å². The summed E-state index contributed by atoms with van der Waals surface area (Å²) in [5.74, 6) is -0.576. The maximum atomic E-state index is 13.4. The molecule has 3 rings (SSSR count). The lowest BCUT2D eigenvalue weighted by Crippen LogP contribution is -2.31. The number of alkyl halides is 3. The van der Waals surface area contributed by atoms with Gasteiger partial charge in [-0.2, -0.15) is 18.4 Å². The number of thiazole rings is 1. The molecule has 1 heterocycles. The number of hydrogen-bond acceptors (Lipinski definition) is 5. The normalized spacial score (nSPS) is 12.4. The van der Waals surface area contributed by atoms with Crippen LogP contribution in [-0.4, -0.2) is 17.6 Å². The standard InChI is InChI=1S/C20H16F4N4S/c21-17-6-3-13(8-14(17)9-25)18-11-28-19(29-18)27-10-16(26)7-12-1-4-15(5-2-12)20(22,23)24/h1-6,8,11,16H,7,10,26H2,(H,27,28). The average molecular weight is 420 g/mol. The number of nitrogens with zero attached hydrogens (tertiary/aromatic N) is 2. The van der Waals surface area contributed by atoms with Crippen LogP contribution in [-0.2, 0) is 12.6 Å². The van der Waals surface area contributed by atoms with Crippen LogP contribution in [0.2, 0.25) is 0 Å². The van der Waals surface area contributed by atoms with Crippen molar-refractivity contribution in [2.24, 2.45) is 5.73 Å². The first-order chi connectivity index (χ1) is 13.8. The second-order valence-electron chi connectivity index (χ2n) is 6.38. The Labute approximate surface area is 168 Å². The summed E-state index contributed by atoms with van der Waals surface area (Å²) in [6, 6.07) is 10.7. The smallest absolute Gasteiger partial charge is 0.360 e. The zero-order chi connectivity index (χ0) is 21.0.